The third-order valence-electron chi connectivity index (χ3n) is 4.06. The number of rotatable bonds is 5. The molecule has 0 aliphatic heterocycles. The molecule has 3 rings (SSSR count). The van der Waals surface area contributed by atoms with E-state index in [2.05, 4.69) is 5.16 Å². The zero-order chi connectivity index (χ0) is 16.4. The van der Waals surface area contributed by atoms with Crippen molar-refractivity contribution >= 4 is 20.8 Å². The lowest BCUT2D eigenvalue weighted by Crippen LogP contribution is -2.31. The highest BCUT2D eigenvalue weighted by atomic mass is 32.2. The van der Waals surface area contributed by atoms with Gasteiger partial charge in [-0.05, 0) is 29.3 Å². The first kappa shape index (κ1) is 15.7. The van der Waals surface area contributed by atoms with E-state index >= 15 is 0 Å². The molecule has 0 aliphatic carbocycles. The third kappa shape index (κ3) is 3.28. The summed E-state index contributed by atoms with van der Waals surface area (Å²) in [6, 6.07) is 15.3. The molecular weight excluding hydrogens is 312 g/mol. The zero-order valence-electron chi connectivity index (χ0n) is 13.0. The van der Waals surface area contributed by atoms with Gasteiger partial charge in [-0.25, -0.2) is 8.42 Å². The number of benzene rings is 2. The van der Waals surface area contributed by atoms with Gasteiger partial charge < -0.3 is 4.52 Å². The van der Waals surface area contributed by atoms with Gasteiger partial charge in [0.25, 0.3) is 0 Å². The monoisotopic (exact) mass is 330 g/mol. The molecular formula is C17H18N2O3S. The number of sulfonamides is 1. The first-order valence-corrected chi connectivity index (χ1v) is 8.92. The van der Waals surface area contributed by atoms with Crippen LogP contribution < -0.4 is 0 Å². The van der Waals surface area contributed by atoms with Crippen LogP contribution in [0.15, 0.2) is 59.3 Å². The first-order chi connectivity index (χ1) is 11.0. The van der Waals surface area contributed by atoms with Crippen molar-refractivity contribution in [3.05, 3.63) is 66.1 Å². The molecule has 6 heteroatoms. The van der Waals surface area contributed by atoms with E-state index in [1.165, 1.54) is 10.6 Å². The molecule has 120 valence electrons. The second kappa shape index (κ2) is 6.14. The topological polar surface area (TPSA) is 63.4 Å². The van der Waals surface area contributed by atoms with Crippen LogP contribution in [0.1, 0.15) is 24.2 Å². The smallest absolute Gasteiger partial charge is 0.220 e. The Labute approximate surface area is 135 Å². The van der Waals surface area contributed by atoms with Crippen molar-refractivity contribution in [3.63, 3.8) is 0 Å². The Kier molecular flexibility index (Phi) is 4.19. The van der Waals surface area contributed by atoms with E-state index in [4.69, 9.17) is 4.52 Å². The molecule has 0 spiro atoms. The fraction of sp³-hybridized carbons (Fsp3) is 0.235. The van der Waals surface area contributed by atoms with Crippen molar-refractivity contribution in [2.24, 2.45) is 0 Å². The number of fused-ring (bicyclic) bond motifs is 1. The van der Waals surface area contributed by atoms with Gasteiger partial charge in [-0.1, -0.05) is 41.6 Å². The molecule has 1 heterocycles. The second-order valence-electron chi connectivity index (χ2n) is 5.55. The summed E-state index contributed by atoms with van der Waals surface area (Å²) in [6.07, 6.45) is 1.37. The lowest BCUT2D eigenvalue weighted by atomic mass is 10.0. The molecule has 0 aliphatic rings. The first-order valence-electron chi connectivity index (χ1n) is 7.31. The van der Waals surface area contributed by atoms with Crippen LogP contribution in [-0.4, -0.2) is 24.9 Å². The summed E-state index contributed by atoms with van der Waals surface area (Å²) in [6.45, 7) is 1.88. The third-order valence-corrected chi connectivity index (χ3v) is 5.92. The quantitative estimate of drug-likeness (QED) is 0.719. The Bertz CT molecular complexity index is 904. The highest BCUT2D eigenvalue weighted by Crippen LogP contribution is 2.26. The molecule has 0 saturated heterocycles. The van der Waals surface area contributed by atoms with Crippen molar-refractivity contribution in [1.82, 2.24) is 9.46 Å². The Morgan fingerprint density at radius 2 is 1.87 bits per heavy atom. The molecule has 0 unspecified atom stereocenters. The van der Waals surface area contributed by atoms with Crippen LogP contribution in [0.5, 0.6) is 0 Å². The maximum Gasteiger partial charge on any atom is 0.220 e. The maximum atomic E-state index is 12.5. The molecule has 0 saturated carbocycles. The maximum absolute atomic E-state index is 12.5. The van der Waals surface area contributed by atoms with Gasteiger partial charge in [-0.3, -0.25) is 0 Å². The van der Waals surface area contributed by atoms with Crippen LogP contribution in [0, 0.1) is 0 Å². The van der Waals surface area contributed by atoms with E-state index in [0.717, 1.165) is 16.3 Å². The Balaban J connectivity index is 1.86. The van der Waals surface area contributed by atoms with Gasteiger partial charge in [-0.2, -0.15) is 4.31 Å². The molecule has 1 aromatic heterocycles. The molecule has 0 bridgehead atoms. The highest BCUT2D eigenvalue weighted by Gasteiger charge is 2.25. The molecule has 2 aromatic carbocycles. The van der Waals surface area contributed by atoms with Gasteiger partial charge in [0, 0.05) is 19.2 Å². The SMILES string of the molecule is C[C@H](c1ccc2ccccc2c1)N(C)S(=O)(=O)Cc1ccon1. The normalized spacial score (nSPS) is 13.5. The van der Waals surface area contributed by atoms with Gasteiger partial charge in [0.15, 0.2) is 0 Å². The molecule has 5 nitrogen and oxygen atoms in total. The molecule has 0 radical (unpaired) electrons. The van der Waals surface area contributed by atoms with Crippen molar-refractivity contribution in [2.45, 2.75) is 18.7 Å². The summed E-state index contributed by atoms with van der Waals surface area (Å²) >= 11 is 0. The van der Waals surface area contributed by atoms with Crippen LogP contribution in [0.4, 0.5) is 0 Å². The predicted octanol–water partition coefficient (Wildman–Crippen LogP) is 3.35. The largest absolute Gasteiger partial charge is 0.364 e. The predicted molar refractivity (Wildman–Crippen MR) is 89.3 cm³/mol. The van der Waals surface area contributed by atoms with Crippen molar-refractivity contribution < 1.29 is 12.9 Å². The van der Waals surface area contributed by atoms with Gasteiger partial charge >= 0.3 is 0 Å². The fourth-order valence-corrected chi connectivity index (χ4v) is 3.85. The van der Waals surface area contributed by atoms with E-state index in [1.54, 1.807) is 13.1 Å². The lowest BCUT2D eigenvalue weighted by molar-refractivity contribution is 0.393. The summed E-state index contributed by atoms with van der Waals surface area (Å²) < 4.78 is 31.1. The summed E-state index contributed by atoms with van der Waals surface area (Å²) in [7, 11) is -1.88. The number of aromatic nitrogens is 1. The van der Waals surface area contributed by atoms with Crippen LogP contribution >= 0.6 is 0 Å². The average Bonchev–Trinajstić information content (AvgIpc) is 3.05. The number of hydrogen-bond acceptors (Lipinski definition) is 4. The molecule has 0 fully saturated rings. The van der Waals surface area contributed by atoms with Crippen LogP contribution in [-0.2, 0) is 15.8 Å². The second-order valence-corrected chi connectivity index (χ2v) is 7.57. The molecule has 3 aromatic rings. The van der Waals surface area contributed by atoms with Gasteiger partial charge in [0.1, 0.15) is 12.0 Å². The Morgan fingerprint density at radius 1 is 1.13 bits per heavy atom. The zero-order valence-corrected chi connectivity index (χ0v) is 13.8. The van der Waals surface area contributed by atoms with E-state index in [-0.39, 0.29) is 11.8 Å². The highest BCUT2D eigenvalue weighted by molar-refractivity contribution is 7.88. The van der Waals surface area contributed by atoms with E-state index in [1.807, 2.05) is 49.4 Å². The summed E-state index contributed by atoms with van der Waals surface area (Å²) in [5.74, 6) is -0.169. The van der Waals surface area contributed by atoms with Crippen LogP contribution in [0.3, 0.4) is 0 Å². The lowest BCUT2D eigenvalue weighted by Gasteiger charge is -2.24. The van der Waals surface area contributed by atoms with E-state index in [9.17, 15) is 8.42 Å². The molecule has 0 N–H and O–H groups in total. The minimum Gasteiger partial charge on any atom is -0.364 e. The van der Waals surface area contributed by atoms with Crippen molar-refractivity contribution in [2.75, 3.05) is 7.05 Å². The van der Waals surface area contributed by atoms with Gasteiger partial charge in [0.05, 0.1) is 5.69 Å². The fourth-order valence-electron chi connectivity index (χ4n) is 2.52. The van der Waals surface area contributed by atoms with Crippen molar-refractivity contribution in [3.8, 4) is 0 Å². The van der Waals surface area contributed by atoms with Crippen LogP contribution in [0.2, 0.25) is 0 Å². The number of nitrogens with zero attached hydrogens (tertiary/aromatic N) is 2. The molecule has 0 amide bonds. The van der Waals surface area contributed by atoms with Gasteiger partial charge in [0.2, 0.25) is 10.0 Å². The van der Waals surface area contributed by atoms with E-state index in [0.29, 0.717) is 5.69 Å². The van der Waals surface area contributed by atoms with Gasteiger partial charge in [-0.15, -0.1) is 0 Å². The number of hydrogen-bond donors (Lipinski definition) is 0. The minimum atomic E-state index is -3.47. The Morgan fingerprint density at radius 3 is 2.57 bits per heavy atom. The van der Waals surface area contributed by atoms with E-state index < -0.39 is 10.0 Å². The Hall–Kier alpha value is -2.18. The molecule has 23 heavy (non-hydrogen) atoms. The standard InChI is InChI=1S/C17H18N2O3S/c1-13(15-8-7-14-5-3-4-6-16(14)11-15)19(2)23(20,21)12-17-9-10-22-18-17/h3-11,13H,12H2,1-2H3/t13-/m1/s1. The summed E-state index contributed by atoms with van der Waals surface area (Å²) in [4.78, 5) is 0. The summed E-state index contributed by atoms with van der Waals surface area (Å²) in [5, 5.41) is 5.91. The van der Waals surface area contributed by atoms with Crippen LogP contribution in [0.25, 0.3) is 10.8 Å². The minimum absolute atomic E-state index is 0.169. The van der Waals surface area contributed by atoms with Crippen molar-refractivity contribution in [1.29, 1.82) is 0 Å². The average molecular weight is 330 g/mol. The summed E-state index contributed by atoms with van der Waals surface area (Å²) in [5.41, 5.74) is 1.36. The molecule has 1 atom stereocenters.